The van der Waals surface area contributed by atoms with Crippen LogP contribution >= 0.6 is 15.9 Å². The molecule has 1 N–H and O–H groups in total. The number of aryl methyl sites for hydroxylation is 1. The fraction of sp³-hybridized carbons (Fsp3) is 0.235. The zero-order valence-corrected chi connectivity index (χ0v) is 13.6. The van der Waals surface area contributed by atoms with Crippen molar-refractivity contribution in [2.75, 3.05) is 11.9 Å². The van der Waals surface area contributed by atoms with Crippen LogP contribution in [0.1, 0.15) is 18.1 Å². The van der Waals surface area contributed by atoms with Crippen molar-refractivity contribution in [3.05, 3.63) is 58.1 Å². The Balaban J connectivity index is 1.96. The average molecular weight is 345 g/mol. The number of nitrogens with one attached hydrogen (secondary N) is 1. The van der Waals surface area contributed by atoms with Gasteiger partial charge in [-0.15, -0.1) is 0 Å². The van der Waals surface area contributed by atoms with Gasteiger partial charge in [-0.05, 0) is 54.0 Å². The molecule has 0 aliphatic heterocycles. The summed E-state index contributed by atoms with van der Waals surface area (Å²) in [5.74, 6) is 0.851. The monoisotopic (exact) mass is 344 g/mol. The molecular weight excluding hydrogens is 328 g/mol. The molecule has 2 aromatic rings. The minimum Gasteiger partial charge on any atom is -0.491 e. The highest BCUT2D eigenvalue weighted by molar-refractivity contribution is 9.10. The molecule has 0 radical (unpaired) electrons. The normalized spacial score (nSPS) is 11.5. The van der Waals surface area contributed by atoms with Gasteiger partial charge in [-0.25, -0.2) is 0 Å². The van der Waals surface area contributed by atoms with Gasteiger partial charge in [0.05, 0.1) is 17.3 Å². The Kier molecular flexibility index (Phi) is 5.24. The second kappa shape index (κ2) is 7.14. The van der Waals surface area contributed by atoms with Crippen LogP contribution in [0.25, 0.3) is 0 Å². The summed E-state index contributed by atoms with van der Waals surface area (Å²) in [4.78, 5) is 0. The molecule has 0 aliphatic carbocycles. The minimum atomic E-state index is 0.0905. The van der Waals surface area contributed by atoms with E-state index in [4.69, 9.17) is 4.74 Å². The summed E-state index contributed by atoms with van der Waals surface area (Å²) in [6.45, 7) is 4.60. The van der Waals surface area contributed by atoms with Crippen molar-refractivity contribution < 1.29 is 4.74 Å². The Morgan fingerprint density at radius 2 is 1.95 bits per heavy atom. The average Bonchev–Trinajstić information content (AvgIpc) is 2.47. The van der Waals surface area contributed by atoms with E-state index in [-0.39, 0.29) is 6.04 Å². The molecular formula is C17H17BrN2O. The van der Waals surface area contributed by atoms with Gasteiger partial charge in [-0.3, -0.25) is 0 Å². The first-order chi connectivity index (χ1) is 10.1. The number of nitriles is 1. The number of rotatable bonds is 5. The smallest absolute Gasteiger partial charge is 0.119 e. The number of hydrogen-bond acceptors (Lipinski definition) is 3. The first-order valence-corrected chi connectivity index (χ1v) is 7.54. The van der Waals surface area contributed by atoms with Crippen molar-refractivity contribution in [3.63, 3.8) is 0 Å². The van der Waals surface area contributed by atoms with Gasteiger partial charge in [0.15, 0.2) is 0 Å². The van der Waals surface area contributed by atoms with Crippen molar-refractivity contribution >= 4 is 21.6 Å². The molecule has 0 saturated carbocycles. The standard InChI is InChI=1S/C17H17BrN2O/c1-12-6-8-14(9-7-12)21-11-13(2)20-17-5-3-4-16(18)15(17)10-19/h3-9,13,20H,11H2,1-2H3. The molecule has 0 heterocycles. The van der Waals surface area contributed by atoms with Crippen molar-refractivity contribution in [1.29, 1.82) is 5.26 Å². The van der Waals surface area contributed by atoms with Gasteiger partial charge in [0.1, 0.15) is 18.4 Å². The van der Waals surface area contributed by atoms with Gasteiger partial charge < -0.3 is 10.1 Å². The zero-order valence-electron chi connectivity index (χ0n) is 12.1. The molecule has 0 spiro atoms. The van der Waals surface area contributed by atoms with E-state index < -0.39 is 0 Å². The molecule has 2 rings (SSSR count). The van der Waals surface area contributed by atoms with E-state index in [0.29, 0.717) is 12.2 Å². The highest BCUT2D eigenvalue weighted by Crippen LogP contribution is 2.24. The van der Waals surface area contributed by atoms with Crippen LogP contribution in [0.4, 0.5) is 5.69 Å². The van der Waals surface area contributed by atoms with E-state index in [1.54, 1.807) is 0 Å². The van der Waals surface area contributed by atoms with Crippen LogP contribution in [0.15, 0.2) is 46.9 Å². The molecule has 0 saturated heterocycles. The van der Waals surface area contributed by atoms with E-state index in [1.807, 2.05) is 56.3 Å². The first kappa shape index (κ1) is 15.4. The predicted molar refractivity (Wildman–Crippen MR) is 88.6 cm³/mol. The molecule has 2 aromatic carbocycles. The van der Waals surface area contributed by atoms with Crippen molar-refractivity contribution in [2.24, 2.45) is 0 Å². The predicted octanol–water partition coefficient (Wildman–Crippen LogP) is 4.51. The molecule has 0 aromatic heterocycles. The van der Waals surface area contributed by atoms with E-state index in [1.165, 1.54) is 5.56 Å². The fourth-order valence-electron chi connectivity index (χ4n) is 1.92. The van der Waals surface area contributed by atoms with Crippen LogP contribution in [0.2, 0.25) is 0 Å². The van der Waals surface area contributed by atoms with E-state index >= 15 is 0 Å². The fourth-order valence-corrected chi connectivity index (χ4v) is 2.38. The Labute approximate surface area is 133 Å². The Morgan fingerprint density at radius 1 is 1.24 bits per heavy atom. The number of benzene rings is 2. The third-order valence-electron chi connectivity index (χ3n) is 3.05. The molecule has 0 aliphatic rings. The first-order valence-electron chi connectivity index (χ1n) is 6.75. The summed E-state index contributed by atoms with van der Waals surface area (Å²) in [5.41, 5.74) is 2.63. The van der Waals surface area contributed by atoms with Crippen LogP contribution in [-0.4, -0.2) is 12.6 Å². The second-order valence-corrected chi connectivity index (χ2v) is 5.80. The Bertz CT molecular complexity index is 647. The van der Waals surface area contributed by atoms with E-state index in [2.05, 4.69) is 27.3 Å². The number of nitrogens with zero attached hydrogens (tertiary/aromatic N) is 1. The maximum atomic E-state index is 9.19. The van der Waals surface area contributed by atoms with Gasteiger partial charge in [-0.2, -0.15) is 5.26 Å². The van der Waals surface area contributed by atoms with Crippen LogP contribution in [-0.2, 0) is 0 Å². The number of halogens is 1. The maximum absolute atomic E-state index is 9.19. The number of hydrogen-bond donors (Lipinski definition) is 1. The quantitative estimate of drug-likeness (QED) is 0.867. The summed E-state index contributed by atoms with van der Waals surface area (Å²) in [7, 11) is 0. The second-order valence-electron chi connectivity index (χ2n) is 4.94. The summed E-state index contributed by atoms with van der Waals surface area (Å²) in [5, 5.41) is 12.5. The SMILES string of the molecule is Cc1ccc(OCC(C)Nc2cccc(Br)c2C#N)cc1. The van der Waals surface area contributed by atoms with Crippen LogP contribution < -0.4 is 10.1 Å². The third kappa shape index (κ3) is 4.24. The van der Waals surface area contributed by atoms with Crippen LogP contribution in [0.5, 0.6) is 5.75 Å². The Hall–Kier alpha value is -1.99. The summed E-state index contributed by atoms with van der Waals surface area (Å²) in [6.07, 6.45) is 0. The van der Waals surface area contributed by atoms with Crippen molar-refractivity contribution in [2.45, 2.75) is 19.9 Å². The minimum absolute atomic E-state index is 0.0905. The zero-order chi connectivity index (χ0) is 15.2. The van der Waals surface area contributed by atoms with Crippen LogP contribution in [0.3, 0.4) is 0 Å². The lowest BCUT2D eigenvalue weighted by molar-refractivity contribution is 0.304. The van der Waals surface area contributed by atoms with Gasteiger partial charge in [0, 0.05) is 4.47 Å². The highest BCUT2D eigenvalue weighted by Gasteiger charge is 2.09. The molecule has 1 unspecified atom stereocenters. The molecule has 21 heavy (non-hydrogen) atoms. The largest absolute Gasteiger partial charge is 0.491 e. The lowest BCUT2D eigenvalue weighted by Crippen LogP contribution is -2.24. The number of ether oxygens (including phenoxy) is 1. The van der Waals surface area contributed by atoms with Gasteiger partial charge in [0.2, 0.25) is 0 Å². The number of anilines is 1. The molecule has 108 valence electrons. The molecule has 0 fully saturated rings. The van der Waals surface area contributed by atoms with E-state index in [0.717, 1.165) is 15.9 Å². The summed E-state index contributed by atoms with van der Waals surface area (Å²) in [6, 6.07) is 15.9. The lowest BCUT2D eigenvalue weighted by atomic mass is 10.2. The molecule has 4 heteroatoms. The lowest BCUT2D eigenvalue weighted by Gasteiger charge is -2.17. The molecule has 1 atom stereocenters. The van der Waals surface area contributed by atoms with Gasteiger partial charge >= 0.3 is 0 Å². The summed E-state index contributed by atoms with van der Waals surface area (Å²) >= 11 is 3.39. The maximum Gasteiger partial charge on any atom is 0.119 e. The molecule has 0 amide bonds. The topological polar surface area (TPSA) is 45.0 Å². The van der Waals surface area contributed by atoms with Crippen LogP contribution in [0, 0.1) is 18.3 Å². The molecule has 0 bridgehead atoms. The highest BCUT2D eigenvalue weighted by atomic mass is 79.9. The van der Waals surface area contributed by atoms with Crippen molar-refractivity contribution in [3.8, 4) is 11.8 Å². The van der Waals surface area contributed by atoms with Gasteiger partial charge in [0.25, 0.3) is 0 Å². The molecule has 3 nitrogen and oxygen atoms in total. The van der Waals surface area contributed by atoms with E-state index in [9.17, 15) is 5.26 Å². The van der Waals surface area contributed by atoms with Crippen molar-refractivity contribution in [1.82, 2.24) is 0 Å². The third-order valence-corrected chi connectivity index (χ3v) is 3.71. The summed E-state index contributed by atoms with van der Waals surface area (Å²) < 4.78 is 6.53. The Morgan fingerprint density at radius 3 is 2.62 bits per heavy atom. The van der Waals surface area contributed by atoms with Gasteiger partial charge in [-0.1, -0.05) is 23.8 Å².